The summed E-state index contributed by atoms with van der Waals surface area (Å²) in [6, 6.07) is 9.32. The molecule has 3 saturated carbocycles. The fourth-order valence-electron chi connectivity index (χ4n) is 8.91. The van der Waals surface area contributed by atoms with Crippen molar-refractivity contribution in [3.63, 3.8) is 0 Å². The van der Waals surface area contributed by atoms with Gasteiger partial charge in [-0.3, -0.25) is 4.79 Å². The second kappa shape index (κ2) is 8.37. The number of hydrogen-bond donors (Lipinski definition) is 1. The number of rotatable bonds is 3. The first-order valence-corrected chi connectivity index (χ1v) is 13.6. The van der Waals surface area contributed by atoms with Gasteiger partial charge < -0.3 is 5.11 Å². The predicted molar refractivity (Wildman–Crippen MR) is 138 cm³/mol. The van der Waals surface area contributed by atoms with E-state index in [4.69, 9.17) is 0 Å². The molecule has 1 aromatic rings. The van der Waals surface area contributed by atoms with E-state index < -0.39 is 5.60 Å². The zero-order valence-corrected chi connectivity index (χ0v) is 21.8. The molecule has 1 N–H and O–H groups in total. The first-order valence-electron chi connectivity index (χ1n) is 13.6. The van der Waals surface area contributed by atoms with Crippen LogP contribution in [0.1, 0.15) is 96.6 Å². The second-order valence-corrected chi connectivity index (χ2v) is 12.7. The molecule has 1 aromatic carbocycles. The van der Waals surface area contributed by atoms with Gasteiger partial charge in [0.05, 0.1) is 0 Å². The minimum absolute atomic E-state index is 0.0774. The standard InChI is InChI=1S/C32H42O2/c1-6-14-32(34)16-13-28-26-11-10-24-19-25(33)12-15-30(24,4)29(26)27(20-31(28,32)5)23-9-7-8-22(18-23)17-21(2)3/h7-9,18-19,21,26-29,34H,10-13,15-17,20H2,1-5H3/t26-,27-,28-,29+,30-,31-,32-/m0/s1. The molecule has 0 unspecified atom stereocenters. The molecule has 3 fully saturated rings. The summed E-state index contributed by atoms with van der Waals surface area (Å²) in [4.78, 5) is 12.4. The number of ketones is 1. The van der Waals surface area contributed by atoms with E-state index in [1.165, 1.54) is 16.7 Å². The van der Waals surface area contributed by atoms with Crippen molar-refractivity contribution in [3.8, 4) is 11.8 Å². The van der Waals surface area contributed by atoms with Crippen molar-refractivity contribution in [2.24, 2.45) is 34.5 Å². The average molecular weight is 459 g/mol. The molecule has 0 aliphatic heterocycles. The Balaban J connectivity index is 1.65. The number of carbonyl (C=O) groups excluding carboxylic acids is 1. The molecule has 0 amide bonds. The van der Waals surface area contributed by atoms with Crippen LogP contribution in [0.25, 0.3) is 0 Å². The third kappa shape index (κ3) is 3.53. The van der Waals surface area contributed by atoms with E-state index in [1.54, 1.807) is 0 Å². The molecule has 0 aromatic heterocycles. The van der Waals surface area contributed by atoms with Crippen LogP contribution in [-0.4, -0.2) is 16.5 Å². The van der Waals surface area contributed by atoms with Crippen molar-refractivity contribution in [3.05, 3.63) is 47.0 Å². The largest absolute Gasteiger partial charge is 0.377 e. The Labute approximate surface area is 206 Å². The van der Waals surface area contributed by atoms with Gasteiger partial charge >= 0.3 is 0 Å². The van der Waals surface area contributed by atoms with Gasteiger partial charge in [0.1, 0.15) is 5.60 Å². The zero-order valence-electron chi connectivity index (χ0n) is 21.8. The lowest BCUT2D eigenvalue weighted by Gasteiger charge is -2.61. The molecule has 7 atom stereocenters. The smallest absolute Gasteiger partial charge is 0.155 e. The summed E-state index contributed by atoms with van der Waals surface area (Å²) in [6.45, 7) is 11.2. The topological polar surface area (TPSA) is 37.3 Å². The van der Waals surface area contributed by atoms with Crippen LogP contribution in [-0.2, 0) is 11.2 Å². The van der Waals surface area contributed by atoms with E-state index >= 15 is 0 Å². The summed E-state index contributed by atoms with van der Waals surface area (Å²) < 4.78 is 0. The SMILES string of the molecule is CC#C[C@]1(O)CC[C@H]2[C@@H]3CCC4=CC(=O)CC[C@]4(C)[C@H]3[C@H](c3cccc(CC(C)C)c3)C[C@@]21C. The molecule has 0 spiro atoms. The van der Waals surface area contributed by atoms with Crippen molar-refractivity contribution in [1.29, 1.82) is 0 Å². The molecule has 4 aliphatic rings. The van der Waals surface area contributed by atoms with Crippen LogP contribution in [0.5, 0.6) is 0 Å². The Morgan fingerprint density at radius 1 is 1.15 bits per heavy atom. The molecule has 34 heavy (non-hydrogen) atoms. The lowest BCUT2D eigenvalue weighted by atomic mass is 9.43. The van der Waals surface area contributed by atoms with E-state index in [2.05, 4.69) is 63.8 Å². The van der Waals surface area contributed by atoms with E-state index in [9.17, 15) is 9.90 Å². The van der Waals surface area contributed by atoms with Gasteiger partial charge in [-0.2, -0.15) is 0 Å². The molecule has 5 rings (SSSR count). The van der Waals surface area contributed by atoms with E-state index in [1.807, 2.05) is 13.0 Å². The second-order valence-electron chi connectivity index (χ2n) is 12.7. The fourth-order valence-corrected chi connectivity index (χ4v) is 8.91. The number of fused-ring (bicyclic) bond motifs is 5. The van der Waals surface area contributed by atoms with Gasteiger partial charge in [0.2, 0.25) is 0 Å². The first kappa shape index (κ1) is 23.9. The molecule has 0 saturated heterocycles. The summed E-state index contributed by atoms with van der Waals surface area (Å²) in [5.41, 5.74) is 3.24. The van der Waals surface area contributed by atoms with Crippen LogP contribution in [0.4, 0.5) is 0 Å². The van der Waals surface area contributed by atoms with Crippen LogP contribution in [0.15, 0.2) is 35.9 Å². The Hall–Kier alpha value is -1.85. The van der Waals surface area contributed by atoms with Crippen LogP contribution in [0.3, 0.4) is 0 Å². The predicted octanol–water partition coefficient (Wildman–Crippen LogP) is 6.86. The third-order valence-corrected chi connectivity index (χ3v) is 10.4. The molecule has 0 bridgehead atoms. The molecule has 0 heterocycles. The maximum absolute atomic E-state index is 12.4. The lowest BCUT2D eigenvalue weighted by Crippen LogP contribution is -2.57. The Morgan fingerprint density at radius 2 is 1.94 bits per heavy atom. The molecule has 182 valence electrons. The Bertz CT molecular complexity index is 1070. The van der Waals surface area contributed by atoms with Crippen LogP contribution in [0, 0.1) is 46.3 Å². The highest BCUT2D eigenvalue weighted by Crippen LogP contribution is 2.70. The summed E-state index contributed by atoms with van der Waals surface area (Å²) in [5.74, 6) is 9.27. The Morgan fingerprint density at radius 3 is 2.68 bits per heavy atom. The number of aliphatic hydroxyl groups is 1. The minimum Gasteiger partial charge on any atom is -0.377 e. The molecule has 4 aliphatic carbocycles. The highest BCUT2D eigenvalue weighted by Gasteiger charge is 2.66. The molecule has 0 radical (unpaired) electrons. The summed E-state index contributed by atoms with van der Waals surface area (Å²) >= 11 is 0. The maximum atomic E-state index is 12.4. The number of hydrogen-bond acceptors (Lipinski definition) is 2. The first-order chi connectivity index (χ1) is 16.1. The highest BCUT2D eigenvalue weighted by atomic mass is 16.3. The van der Waals surface area contributed by atoms with Gasteiger partial charge in [-0.15, -0.1) is 5.92 Å². The van der Waals surface area contributed by atoms with Gasteiger partial charge in [-0.1, -0.05) is 63.5 Å². The van der Waals surface area contributed by atoms with E-state index in [0.717, 1.165) is 44.9 Å². The van der Waals surface area contributed by atoms with Gasteiger partial charge in [0.25, 0.3) is 0 Å². The van der Waals surface area contributed by atoms with Crippen molar-refractivity contribution < 1.29 is 9.90 Å². The van der Waals surface area contributed by atoms with Gasteiger partial charge in [-0.05, 0) is 104 Å². The van der Waals surface area contributed by atoms with Crippen molar-refractivity contribution in [2.75, 3.05) is 0 Å². The molecular weight excluding hydrogens is 416 g/mol. The van der Waals surface area contributed by atoms with Crippen molar-refractivity contribution in [2.45, 2.75) is 97.5 Å². The lowest BCUT2D eigenvalue weighted by molar-refractivity contribution is -0.122. The minimum atomic E-state index is -0.898. The van der Waals surface area contributed by atoms with Crippen LogP contribution >= 0.6 is 0 Å². The summed E-state index contributed by atoms with van der Waals surface area (Å²) in [7, 11) is 0. The highest BCUT2D eigenvalue weighted by molar-refractivity contribution is 5.91. The molecule has 2 heteroatoms. The number of allylic oxidation sites excluding steroid dienone is 1. The van der Waals surface area contributed by atoms with Crippen LogP contribution < -0.4 is 0 Å². The quantitative estimate of drug-likeness (QED) is 0.502. The van der Waals surface area contributed by atoms with E-state index in [-0.39, 0.29) is 10.8 Å². The third-order valence-electron chi connectivity index (χ3n) is 10.4. The monoisotopic (exact) mass is 458 g/mol. The van der Waals surface area contributed by atoms with Crippen molar-refractivity contribution in [1.82, 2.24) is 0 Å². The fraction of sp³-hybridized carbons (Fsp3) is 0.656. The van der Waals surface area contributed by atoms with Gasteiger partial charge in [-0.25, -0.2) is 0 Å². The number of carbonyl (C=O) groups is 1. The Kier molecular flexibility index (Phi) is 5.88. The van der Waals surface area contributed by atoms with Gasteiger partial charge in [0, 0.05) is 11.8 Å². The molecular formula is C32H42O2. The van der Waals surface area contributed by atoms with Crippen molar-refractivity contribution >= 4 is 5.78 Å². The summed E-state index contributed by atoms with van der Waals surface area (Å²) in [6.07, 6.45) is 9.76. The summed E-state index contributed by atoms with van der Waals surface area (Å²) in [5, 5.41) is 11.9. The molecule has 2 nitrogen and oxygen atoms in total. The van der Waals surface area contributed by atoms with Gasteiger partial charge in [0.15, 0.2) is 5.78 Å². The zero-order chi connectivity index (χ0) is 24.3. The van der Waals surface area contributed by atoms with Crippen LogP contribution in [0.2, 0.25) is 0 Å². The normalized spacial score (nSPS) is 41.1. The maximum Gasteiger partial charge on any atom is 0.155 e. The number of benzene rings is 1. The average Bonchev–Trinajstić information content (AvgIpc) is 3.04. The van der Waals surface area contributed by atoms with E-state index in [0.29, 0.717) is 41.8 Å².